The first-order valence-corrected chi connectivity index (χ1v) is 7.84. The van der Waals surface area contributed by atoms with Gasteiger partial charge in [-0.2, -0.15) is 0 Å². The largest absolute Gasteiger partial charge is 0.493 e. The summed E-state index contributed by atoms with van der Waals surface area (Å²) in [6, 6.07) is 9.12. The fraction of sp³-hybridized carbons (Fsp3) is 0.250. The number of ether oxygens (including phenoxy) is 3. The van der Waals surface area contributed by atoms with E-state index in [4.69, 9.17) is 18.6 Å². The second-order valence-corrected chi connectivity index (χ2v) is 5.82. The molecule has 0 bridgehead atoms. The molecule has 3 rings (SSSR count). The van der Waals surface area contributed by atoms with E-state index in [0.29, 0.717) is 33.8 Å². The van der Waals surface area contributed by atoms with Crippen molar-refractivity contribution in [1.82, 2.24) is 0 Å². The van der Waals surface area contributed by atoms with Crippen LogP contribution in [-0.4, -0.2) is 21.3 Å². The number of benzene rings is 2. The average Bonchev–Trinajstić information content (AvgIpc) is 2.61. The van der Waals surface area contributed by atoms with Gasteiger partial charge in [0.05, 0.1) is 26.7 Å². The van der Waals surface area contributed by atoms with Gasteiger partial charge in [0.2, 0.25) is 11.2 Å². The molecule has 25 heavy (non-hydrogen) atoms. The van der Waals surface area contributed by atoms with E-state index in [1.807, 2.05) is 26.0 Å². The lowest BCUT2D eigenvalue weighted by Gasteiger charge is -2.13. The fourth-order valence-electron chi connectivity index (χ4n) is 2.99. The molecule has 130 valence electrons. The van der Waals surface area contributed by atoms with Crippen molar-refractivity contribution in [2.45, 2.75) is 13.8 Å². The summed E-state index contributed by atoms with van der Waals surface area (Å²) >= 11 is 0. The van der Waals surface area contributed by atoms with Crippen molar-refractivity contribution in [1.29, 1.82) is 0 Å². The van der Waals surface area contributed by atoms with Crippen molar-refractivity contribution in [3.05, 3.63) is 51.7 Å². The predicted octanol–water partition coefficient (Wildman–Crippen LogP) is 4.10. The van der Waals surface area contributed by atoms with Crippen LogP contribution in [0.3, 0.4) is 0 Å². The molecule has 0 saturated heterocycles. The summed E-state index contributed by atoms with van der Waals surface area (Å²) in [4.78, 5) is 12.9. The lowest BCUT2D eigenvalue weighted by atomic mass is 10.0. The SMILES string of the molecule is COc1ccc(-c2oc3c(C)cc(C)cc3c(=O)c2OC)cc1OC. The minimum atomic E-state index is -0.194. The van der Waals surface area contributed by atoms with E-state index in [0.717, 1.165) is 11.1 Å². The van der Waals surface area contributed by atoms with Crippen LogP contribution in [0.5, 0.6) is 17.2 Å². The standard InChI is InChI=1S/C20H20O5/c1-11-8-12(2)18-14(9-11)17(21)20(24-5)19(25-18)13-6-7-15(22-3)16(10-13)23-4/h6-10H,1-5H3. The van der Waals surface area contributed by atoms with Gasteiger partial charge in [0.1, 0.15) is 5.58 Å². The van der Waals surface area contributed by atoms with Crippen LogP contribution in [0.15, 0.2) is 39.5 Å². The normalized spacial score (nSPS) is 10.8. The van der Waals surface area contributed by atoms with E-state index >= 15 is 0 Å². The van der Waals surface area contributed by atoms with E-state index in [1.165, 1.54) is 7.11 Å². The first kappa shape index (κ1) is 16.9. The summed E-state index contributed by atoms with van der Waals surface area (Å²) in [5.41, 5.74) is 2.93. The highest BCUT2D eigenvalue weighted by molar-refractivity contribution is 5.85. The Balaban J connectivity index is 2.35. The highest BCUT2D eigenvalue weighted by Gasteiger charge is 2.19. The van der Waals surface area contributed by atoms with Crippen molar-refractivity contribution in [2.24, 2.45) is 0 Å². The van der Waals surface area contributed by atoms with Gasteiger partial charge in [-0.3, -0.25) is 4.79 Å². The molecular weight excluding hydrogens is 320 g/mol. The summed E-state index contributed by atoms with van der Waals surface area (Å²) in [6.07, 6.45) is 0. The Kier molecular flexibility index (Phi) is 4.40. The maximum Gasteiger partial charge on any atom is 0.235 e. The molecule has 0 saturated carbocycles. The molecule has 0 aliphatic rings. The Bertz CT molecular complexity index is 1000. The number of methoxy groups -OCH3 is 3. The van der Waals surface area contributed by atoms with E-state index < -0.39 is 0 Å². The number of rotatable bonds is 4. The molecule has 1 heterocycles. The summed E-state index contributed by atoms with van der Waals surface area (Å²) in [5, 5.41) is 0.513. The van der Waals surface area contributed by atoms with E-state index in [1.54, 1.807) is 32.4 Å². The Morgan fingerprint density at radius 1 is 0.880 bits per heavy atom. The fourth-order valence-corrected chi connectivity index (χ4v) is 2.99. The van der Waals surface area contributed by atoms with Crippen LogP contribution in [0, 0.1) is 13.8 Å². The third kappa shape index (κ3) is 2.82. The van der Waals surface area contributed by atoms with Crippen LogP contribution in [0.1, 0.15) is 11.1 Å². The van der Waals surface area contributed by atoms with Gasteiger partial charge in [-0.1, -0.05) is 6.07 Å². The molecule has 5 heteroatoms. The summed E-state index contributed by atoms with van der Waals surface area (Å²) < 4.78 is 22.1. The van der Waals surface area contributed by atoms with Gasteiger partial charge in [-0.05, 0) is 49.2 Å². The predicted molar refractivity (Wildman–Crippen MR) is 97.1 cm³/mol. The maximum absolute atomic E-state index is 12.9. The zero-order valence-electron chi connectivity index (χ0n) is 14.9. The topological polar surface area (TPSA) is 57.9 Å². The molecule has 5 nitrogen and oxygen atoms in total. The molecule has 0 spiro atoms. The van der Waals surface area contributed by atoms with Crippen molar-refractivity contribution in [2.75, 3.05) is 21.3 Å². The molecule has 0 amide bonds. The van der Waals surface area contributed by atoms with Crippen LogP contribution in [-0.2, 0) is 0 Å². The molecule has 0 radical (unpaired) electrons. The molecule has 2 aromatic carbocycles. The van der Waals surface area contributed by atoms with Gasteiger partial charge in [0, 0.05) is 5.56 Å². The van der Waals surface area contributed by atoms with Gasteiger partial charge < -0.3 is 18.6 Å². The third-order valence-corrected chi connectivity index (χ3v) is 4.13. The zero-order chi connectivity index (χ0) is 18.1. The van der Waals surface area contributed by atoms with Crippen LogP contribution in [0.4, 0.5) is 0 Å². The minimum absolute atomic E-state index is 0.171. The lowest BCUT2D eigenvalue weighted by molar-refractivity contribution is 0.355. The highest BCUT2D eigenvalue weighted by atomic mass is 16.5. The molecular formula is C20H20O5. The first-order chi connectivity index (χ1) is 12.0. The molecule has 3 aromatic rings. The molecule has 0 unspecified atom stereocenters. The van der Waals surface area contributed by atoms with Gasteiger partial charge >= 0.3 is 0 Å². The van der Waals surface area contributed by atoms with E-state index in [-0.39, 0.29) is 11.2 Å². The van der Waals surface area contributed by atoms with Crippen LogP contribution >= 0.6 is 0 Å². The quantitative estimate of drug-likeness (QED) is 0.715. The van der Waals surface area contributed by atoms with Crippen LogP contribution in [0.25, 0.3) is 22.3 Å². The summed E-state index contributed by atoms with van der Waals surface area (Å²) in [5.74, 6) is 1.68. The van der Waals surface area contributed by atoms with Gasteiger partial charge in [-0.15, -0.1) is 0 Å². The maximum atomic E-state index is 12.9. The second kappa shape index (κ2) is 6.51. The molecule has 0 aliphatic carbocycles. The Labute approximate surface area is 145 Å². The van der Waals surface area contributed by atoms with Crippen molar-refractivity contribution in [3.63, 3.8) is 0 Å². The number of hydrogen-bond donors (Lipinski definition) is 0. The molecule has 0 N–H and O–H groups in total. The first-order valence-electron chi connectivity index (χ1n) is 7.84. The summed E-state index contributed by atoms with van der Waals surface area (Å²) in [7, 11) is 4.59. The molecule has 0 aliphatic heterocycles. The van der Waals surface area contributed by atoms with Gasteiger partial charge in [0.15, 0.2) is 17.3 Å². The second-order valence-electron chi connectivity index (χ2n) is 5.82. The van der Waals surface area contributed by atoms with E-state index in [9.17, 15) is 4.79 Å². The monoisotopic (exact) mass is 340 g/mol. The Morgan fingerprint density at radius 3 is 2.24 bits per heavy atom. The van der Waals surface area contributed by atoms with Gasteiger partial charge in [-0.25, -0.2) is 0 Å². The lowest BCUT2D eigenvalue weighted by Crippen LogP contribution is -2.08. The third-order valence-electron chi connectivity index (χ3n) is 4.13. The van der Waals surface area contributed by atoms with Crippen molar-refractivity contribution in [3.8, 4) is 28.6 Å². The smallest absolute Gasteiger partial charge is 0.235 e. The van der Waals surface area contributed by atoms with Crippen LogP contribution < -0.4 is 19.6 Å². The average molecular weight is 340 g/mol. The Hall–Kier alpha value is -2.95. The molecule has 1 aromatic heterocycles. The number of aryl methyl sites for hydroxylation is 2. The van der Waals surface area contributed by atoms with Crippen molar-refractivity contribution < 1.29 is 18.6 Å². The van der Waals surface area contributed by atoms with Crippen LogP contribution in [0.2, 0.25) is 0 Å². The van der Waals surface area contributed by atoms with E-state index in [2.05, 4.69) is 0 Å². The molecule has 0 atom stereocenters. The number of hydrogen-bond acceptors (Lipinski definition) is 5. The highest BCUT2D eigenvalue weighted by Crippen LogP contribution is 2.37. The van der Waals surface area contributed by atoms with Gasteiger partial charge in [0.25, 0.3) is 0 Å². The summed E-state index contributed by atoms with van der Waals surface area (Å²) in [6.45, 7) is 3.86. The zero-order valence-corrected chi connectivity index (χ0v) is 14.9. The number of fused-ring (bicyclic) bond motifs is 1. The molecule has 0 fully saturated rings. The Morgan fingerprint density at radius 2 is 1.60 bits per heavy atom. The minimum Gasteiger partial charge on any atom is -0.493 e. The van der Waals surface area contributed by atoms with Crippen molar-refractivity contribution >= 4 is 11.0 Å².